The molecule has 3 aromatic rings. The maximum Gasteiger partial charge on any atom is 0.328 e. The highest BCUT2D eigenvalue weighted by Gasteiger charge is 2.11. The Labute approximate surface area is 112 Å². The van der Waals surface area contributed by atoms with E-state index in [1.165, 1.54) is 4.57 Å². The van der Waals surface area contributed by atoms with Crippen LogP contribution in [0.2, 0.25) is 0 Å². The van der Waals surface area contributed by atoms with Gasteiger partial charge in [0, 0.05) is 0 Å². The molecule has 96 valence electrons. The Bertz CT molecular complexity index is 846. The van der Waals surface area contributed by atoms with Crippen molar-refractivity contribution in [3.63, 3.8) is 0 Å². The SMILES string of the molecule is Nc1[nH]c(=S)nc2[nH]c(=O)n(Cc3ccccc3)c12. The lowest BCUT2D eigenvalue weighted by Gasteiger charge is -2.04. The largest absolute Gasteiger partial charge is 0.383 e. The predicted octanol–water partition coefficient (Wildman–Crippen LogP) is 1.41. The van der Waals surface area contributed by atoms with Gasteiger partial charge >= 0.3 is 5.69 Å². The van der Waals surface area contributed by atoms with Crippen LogP contribution in [0.15, 0.2) is 35.1 Å². The van der Waals surface area contributed by atoms with Gasteiger partial charge in [-0.25, -0.2) is 9.78 Å². The van der Waals surface area contributed by atoms with Gasteiger partial charge < -0.3 is 10.7 Å². The molecule has 0 spiro atoms. The molecule has 0 radical (unpaired) electrons. The van der Waals surface area contributed by atoms with E-state index in [1.54, 1.807) is 0 Å². The van der Waals surface area contributed by atoms with Crippen molar-refractivity contribution in [1.29, 1.82) is 0 Å². The third-order valence-electron chi connectivity index (χ3n) is 2.86. The van der Waals surface area contributed by atoms with Crippen molar-refractivity contribution in [3.05, 3.63) is 51.2 Å². The fourth-order valence-corrected chi connectivity index (χ4v) is 2.23. The van der Waals surface area contributed by atoms with Crippen LogP contribution >= 0.6 is 12.2 Å². The minimum Gasteiger partial charge on any atom is -0.383 e. The Balaban J connectivity index is 2.21. The summed E-state index contributed by atoms with van der Waals surface area (Å²) in [5.74, 6) is 0.337. The van der Waals surface area contributed by atoms with E-state index >= 15 is 0 Å². The zero-order valence-corrected chi connectivity index (χ0v) is 10.7. The summed E-state index contributed by atoms with van der Waals surface area (Å²) in [5.41, 5.74) is 7.58. The summed E-state index contributed by atoms with van der Waals surface area (Å²) in [4.78, 5) is 21.4. The molecule has 4 N–H and O–H groups in total. The molecule has 0 saturated carbocycles. The third kappa shape index (κ3) is 2.04. The van der Waals surface area contributed by atoms with Gasteiger partial charge in [0.25, 0.3) is 0 Å². The molecule has 2 heterocycles. The molecule has 6 nitrogen and oxygen atoms in total. The second kappa shape index (κ2) is 4.36. The number of benzene rings is 1. The lowest BCUT2D eigenvalue weighted by molar-refractivity contribution is 0.786. The minimum atomic E-state index is -0.257. The molecule has 0 aliphatic heterocycles. The van der Waals surface area contributed by atoms with E-state index in [0.29, 0.717) is 23.5 Å². The fraction of sp³-hybridized carbons (Fsp3) is 0.0833. The standard InChI is InChI=1S/C12H11N5OS/c13-9-8-10(15-11(19)14-9)16-12(18)17(8)6-7-4-2-1-3-5-7/h1-5H,6H2,(H4,13,14,15,16,18,19). The van der Waals surface area contributed by atoms with Crippen molar-refractivity contribution in [2.24, 2.45) is 0 Å². The molecule has 0 saturated heterocycles. The quantitative estimate of drug-likeness (QED) is 0.615. The number of rotatable bonds is 2. The van der Waals surface area contributed by atoms with Gasteiger partial charge in [0.2, 0.25) is 0 Å². The highest BCUT2D eigenvalue weighted by Crippen LogP contribution is 2.14. The Morgan fingerprint density at radius 3 is 2.74 bits per heavy atom. The molecule has 0 fully saturated rings. The Morgan fingerprint density at radius 2 is 2.00 bits per heavy atom. The molecule has 3 rings (SSSR count). The van der Waals surface area contributed by atoms with E-state index in [0.717, 1.165) is 5.56 Å². The molecular formula is C12H11N5OS. The first-order chi connectivity index (χ1) is 9.15. The van der Waals surface area contributed by atoms with Crippen LogP contribution in [-0.4, -0.2) is 19.5 Å². The van der Waals surface area contributed by atoms with E-state index < -0.39 is 0 Å². The average molecular weight is 273 g/mol. The van der Waals surface area contributed by atoms with Gasteiger partial charge in [-0.05, 0) is 17.8 Å². The van der Waals surface area contributed by atoms with Crippen molar-refractivity contribution >= 4 is 29.2 Å². The van der Waals surface area contributed by atoms with Gasteiger partial charge in [-0.2, -0.15) is 0 Å². The van der Waals surface area contributed by atoms with Crippen LogP contribution < -0.4 is 11.4 Å². The summed E-state index contributed by atoms with van der Waals surface area (Å²) in [6.07, 6.45) is 0. The van der Waals surface area contributed by atoms with E-state index in [9.17, 15) is 4.79 Å². The lowest BCUT2D eigenvalue weighted by Crippen LogP contribution is -2.17. The number of aromatic nitrogens is 4. The topological polar surface area (TPSA) is 92.5 Å². The van der Waals surface area contributed by atoms with E-state index in [2.05, 4.69) is 15.0 Å². The molecule has 2 aromatic heterocycles. The van der Waals surface area contributed by atoms with Crippen LogP contribution in [-0.2, 0) is 6.54 Å². The molecule has 0 aliphatic rings. The zero-order chi connectivity index (χ0) is 13.4. The van der Waals surface area contributed by atoms with E-state index in [1.807, 2.05) is 30.3 Å². The first-order valence-electron chi connectivity index (χ1n) is 5.67. The van der Waals surface area contributed by atoms with Crippen LogP contribution in [0, 0.1) is 4.77 Å². The Hall–Kier alpha value is -2.41. The summed E-state index contributed by atoms with van der Waals surface area (Å²) < 4.78 is 1.79. The highest BCUT2D eigenvalue weighted by molar-refractivity contribution is 7.71. The summed E-state index contributed by atoms with van der Waals surface area (Å²) in [6, 6.07) is 9.66. The predicted molar refractivity (Wildman–Crippen MR) is 75.5 cm³/mol. The van der Waals surface area contributed by atoms with Gasteiger partial charge in [0.1, 0.15) is 11.3 Å². The molecule has 1 aromatic carbocycles. The third-order valence-corrected chi connectivity index (χ3v) is 3.05. The fourth-order valence-electron chi connectivity index (χ4n) is 2.03. The Kier molecular flexibility index (Phi) is 2.68. The van der Waals surface area contributed by atoms with Crippen LogP contribution in [0.3, 0.4) is 0 Å². The molecule has 0 aliphatic carbocycles. The number of imidazole rings is 1. The van der Waals surface area contributed by atoms with Gasteiger partial charge in [-0.3, -0.25) is 9.55 Å². The number of aromatic amines is 2. The van der Waals surface area contributed by atoms with Crippen molar-refractivity contribution < 1.29 is 0 Å². The molecular weight excluding hydrogens is 262 g/mol. The van der Waals surface area contributed by atoms with E-state index in [4.69, 9.17) is 18.0 Å². The minimum absolute atomic E-state index is 0.248. The molecule has 0 amide bonds. The summed E-state index contributed by atoms with van der Waals surface area (Å²) in [7, 11) is 0. The number of H-pyrrole nitrogens is 2. The summed E-state index contributed by atoms with van der Waals surface area (Å²) >= 11 is 4.93. The smallest absolute Gasteiger partial charge is 0.328 e. The number of nitrogen functional groups attached to an aromatic ring is 1. The van der Waals surface area contributed by atoms with Crippen LogP contribution in [0.1, 0.15) is 5.56 Å². The molecule has 0 atom stereocenters. The first kappa shape index (κ1) is 11.7. The normalized spacial score (nSPS) is 10.9. The molecule has 0 bridgehead atoms. The van der Waals surface area contributed by atoms with Crippen molar-refractivity contribution in [2.45, 2.75) is 6.54 Å². The molecule has 0 unspecified atom stereocenters. The number of nitrogens with one attached hydrogen (secondary N) is 2. The summed E-state index contributed by atoms with van der Waals surface area (Å²) in [5, 5.41) is 0. The van der Waals surface area contributed by atoms with Crippen LogP contribution in [0.25, 0.3) is 11.2 Å². The van der Waals surface area contributed by atoms with Crippen LogP contribution in [0.5, 0.6) is 0 Å². The number of fused-ring (bicyclic) bond motifs is 1. The van der Waals surface area contributed by atoms with Gasteiger partial charge in [-0.1, -0.05) is 30.3 Å². The van der Waals surface area contributed by atoms with Gasteiger partial charge in [0.05, 0.1) is 6.54 Å². The Morgan fingerprint density at radius 1 is 1.26 bits per heavy atom. The number of hydrogen-bond donors (Lipinski definition) is 3. The second-order valence-electron chi connectivity index (χ2n) is 4.15. The number of nitrogens with two attached hydrogens (primary N) is 1. The maximum atomic E-state index is 12.0. The lowest BCUT2D eigenvalue weighted by atomic mass is 10.2. The number of hydrogen-bond acceptors (Lipinski definition) is 4. The molecule has 7 heteroatoms. The van der Waals surface area contributed by atoms with Gasteiger partial charge in [0.15, 0.2) is 10.4 Å². The first-order valence-corrected chi connectivity index (χ1v) is 6.08. The number of nitrogens with zero attached hydrogens (tertiary/aromatic N) is 2. The van der Waals surface area contributed by atoms with Gasteiger partial charge in [-0.15, -0.1) is 0 Å². The van der Waals surface area contributed by atoms with Crippen molar-refractivity contribution in [2.75, 3.05) is 5.73 Å². The zero-order valence-electron chi connectivity index (χ0n) is 9.88. The van der Waals surface area contributed by atoms with Crippen LogP contribution in [0.4, 0.5) is 5.82 Å². The molecule has 19 heavy (non-hydrogen) atoms. The summed E-state index contributed by atoms with van der Waals surface area (Å²) in [6.45, 7) is 0.427. The van der Waals surface area contributed by atoms with Crippen molar-refractivity contribution in [1.82, 2.24) is 19.5 Å². The van der Waals surface area contributed by atoms with Crippen molar-refractivity contribution in [3.8, 4) is 0 Å². The monoisotopic (exact) mass is 273 g/mol. The van der Waals surface area contributed by atoms with E-state index in [-0.39, 0.29) is 10.5 Å². The average Bonchev–Trinajstić information content (AvgIpc) is 2.67. The number of anilines is 1. The highest BCUT2D eigenvalue weighted by atomic mass is 32.1. The maximum absolute atomic E-state index is 12.0. The second-order valence-corrected chi connectivity index (χ2v) is 4.54.